The van der Waals surface area contributed by atoms with E-state index in [0.717, 1.165) is 21.6 Å². The van der Waals surface area contributed by atoms with E-state index in [1.54, 1.807) is 48.5 Å². The van der Waals surface area contributed by atoms with Gasteiger partial charge in [0.25, 0.3) is 0 Å². The highest BCUT2D eigenvalue weighted by Crippen LogP contribution is 2.39. The van der Waals surface area contributed by atoms with Gasteiger partial charge in [-0.3, -0.25) is 62.5 Å². The third kappa shape index (κ3) is 23.1. The molecule has 4 aliphatic heterocycles. The summed E-state index contributed by atoms with van der Waals surface area (Å²) >= 11 is 0. The fraction of sp³-hybridized carbons (Fsp3) is 0.787. The van der Waals surface area contributed by atoms with Gasteiger partial charge in [-0.2, -0.15) is 0 Å². The van der Waals surface area contributed by atoms with Gasteiger partial charge in [0.15, 0.2) is 5.96 Å². The number of carbonyl (C=O) groups is 12. The van der Waals surface area contributed by atoms with Gasteiger partial charge < -0.3 is 90.4 Å². The highest BCUT2D eigenvalue weighted by Gasteiger charge is 2.47. The van der Waals surface area contributed by atoms with Crippen molar-refractivity contribution in [3.8, 4) is 0 Å². The Kier molecular flexibility index (Phi) is 31.4. The third-order valence-corrected chi connectivity index (χ3v) is 20.9. The van der Waals surface area contributed by atoms with Crippen LogP contribution in [-0.2, 0) is 57.5 Å². The zero-order chi connectivity index (χ0) is 69.7. The fourth-order valence-corrected chi connectivity index (χ4v) is 14.2. The Hall–Kier alpha value is -6.51. The van der Waals surface area contributed by atoms with Gasteiger partial charge in [0, 0.05) is 36.7 Å². The molecule has 4 fully saturated rings. The summed E-state index contributed by atoms with van der Waals surface area (Å²) < 4.78 is -1.40. The average Bonchev–Trinajstić information content (AvgIpc) is 1.76. The van der Waals surface area contributed by atoms with Crippen LogP contribution in [0.15, 0.2) is 4.99 Å². The molecule has 0 aromatic carbocycles. The van der Waals surface area contributed by atoms with Crippen LogP contribution in [0.1, 0.15) is 160 Å². The van der Waals surface area contributed by atoms with Gasteiger partial charge in [-0.25, -0.2) is 0 Å². The Morgan fingerprint density at radius 3 is 1.60 bits per heavy atom. The summed E-state index contributed by atoms with van der Waals surface area (Å²) in [5.41, 5.74) is 16.8. The summed E-state index contributed by atoms with van der Waals surface area (Å²) in [4.78, 5) is 181. The van der Waals surface area contributed by atoms with Crippen molar-refractivity contribution in [1.82, 2.24) is 63.0 Å². The molecule has 0 spiro atoms. The summed E-state index contributed by atoms with van der Waals surface area (Å²) in [7, 11) is 1.96. The molecule has 0 radical (unpaired) electrons. The highest BCUT2D eigenvalue weighted by atomic mass is 33.1. The highest BCUT2D eigenvalue weighted by molar-refractivity contribution is 8.77. The molecular weight excluding hydrogens is 1240 g/mol. The lowest BCUT2D eigenvalue weighted by Gasteiger charge is -2.37. The number of fused-ring (bicyclic) bond motifs is 7. The van der Waals surface area contributed by atoms with Crippen LogP contribution in [0.25, 0.3) is 0 Å². The number of rotatable bonds is 13. The quantitative estimate of drug-likeness (QED) is 0.0401. The van der Waals surface area contributed by atoms with Gasteiger partial charge in [-0.15, -0.1) is 0 Å². The maximum Gasteiger partial charge on any atom is 0.246 e. The number of aliphatic imine (C=N–C) groups is 1. The first-order valence-electron chi connectivity index (χ1n) is 32.7. The predicted octanol–water partition coefficient (Wildman–Crippen LogP) is -2.25. The maximum atomic E-state index is 15.1. The smallest absolute Gasteiger partial charge is 0.246 e. The van der Waals surface area contributed by atoms with Crippen molar-refractivity contribution < 1.29 is 67.7 Å². The van der Waals surface area contributed by atoms with E-state index in [4.69, 9.17) is 17.2 Å². The Morgan fingerprint density at radius 2 is 1.05 bits per heavy atom. The van der Waals surface area contributed by atoms with Crippen LogP contribution in [0.4, 0.5) is 0 Å². The Morgan fingerprint density at radius 1 is 0.570 bits per heavy atom. The van der Waals surface area contributed by atoms with E-state index in [2.05, 4.69) is 58.2 Å². The van der Waals surface area contributed by atoms with Crippen molar-refractivity contribution in [2.24, 2.45) is 45.4 Å². The molecule has 4 rings (SSSR count). The van der Waals surface area contributed by atoms with E-state index in [1.165, 1.54) is 9.80 Å². The molecule has 0 aromatic rings. The van der Waals surface area contributed by atoms with Crippen LogP contribution in [-0.4, -0.2) is 219 Å². The third-order valence-electron chi connectivity index (χ3n) is 17.6. The van der Waals surface area contributed by atoms with Gasteiger partial charge in [0.1, 0.15) is 66.5 Å². The zero-order valence-electron chi connectivity index (χ0n) is 56.0. The lowest BCUT2D eigenvalue weighted by molar-refractivity contribution is -0.148. The number of hydrogen-bond acceptors (Lipinski definition) is 18. The second kappa shape index (κ2) is 37.0. The standard InChI is InChI=1S/C61H106N16O14S2/c1-12-32(4)43-53(86)65-24-16-15-20-35(62)47(80)72-44(33(5)13-2)54(87)71-40-31-92-93-61(10,11)46(56(89)74-43)75-55(88)45(34(6)14-3)73-52(85)41-22-18-26-76(41)58(91)42-23-19-27-77(42)57(90)37(28-60(7,8)9)68-50(83)39(30-79)69-48(81)36(21-17-25-66-59(63)64)67-49(82)38(29-78)70-51(40)84/h32-46,78-79H,12-31,62H2,1-11H3,(H,65,86)(H,67,82)(H,68,83)(H,69,81)(H,70,84)(H,71,87)(H,72,80)(H,73,85)(H,74,89)(H,75,88)(H4,63,64,66)/t32-,33-,34-,35-,36-,37-,38-,39-,40-,41-,42-,43-,44-,45-,46+/m0/s1. The molecule has 15 atom stereocenters. The summed E-state index contributed by atoms with van der Waals surface area (Å²) in [6, 6.07) is -16.5. The van der Waals surface area contributed by atoms with Crippen molar-refractivity contribution in [3.05, 3.63) is 0 Å². The van der Waals surface area contributed by atoms with Crippen LogP contribution in [0.2, 0.25) is 0 Å². The molecule has 4 heterocycles. The van der Waals surface area contributed by atoms with E-state index >= 15 is 9.59 Å². The van der Waals surface area contributed by atoms with Gasteiger partial charge in [0.2, 0.25) is 70.9 Å². The van der Waals surface area contributed by atoms with E-state index in [1.807, 2.05) is 27.7 Å². The number of guanidine groups is 1. The van der Waals surface area contributed by atoms with Gasteiger partial charge in [-0.1, -0.05) is 103 Å². The molecule has 2 bridgehead atoms. The number of nitrogens with one attached hydrogen (secondary N) is 10. The topological polar surface area (TPSA) is 462 Å². The molecular formula is C61H106N16O14S2. The average molecular weight is 1350 g/mol. The number of amides is 12. The minimum absolute atomic E-state index is 0.0196. The van der Waals surface area contributed by atoms with Crippen LogP contribution in [0, 0.1) is 23.2 Å². The minimum atomic E-state index is -1.84. The lowest BCUT2D eigenvalue weighted by Crippen LogP contribution is -2.64. The largest absolute Gasteiger partial charge is 0.394 e. The molecule has 0 unspecified atom stereocenters. The number of aliphatic hydroxyl groups is 2. The van der Waals surface area contributed by atoms with Gasteiger partial charge >= 0.3 is 0 Å². The molecule has 4 saturated heterocycles. The number of nitrogens with two attached hydrogens (primary N) is 3. The second-order valence-electron chi connectivity index (χ2n) is 26.7. The van der Waals surface area contributed by atoms with Gasteiger partial charge in [0.05, 0.1) is 19.3 Å². The molecule has 18 N–H and O–H groups in total. The van der Waals surface area contributed by atoms with Gasteiger partial charge in [-0.05, 0) is 101 Å². The Balaban J connectivity index is 1.95. The van der Waals surface area contributed by atoms with E-state index in [9.17, 15) is 58.2 Å². The first-order valence-corrected chi connectivity index (χ1v) is 35.0. The first kappa shape index (κ1) is 78.9. The van der Waals surface area contributed by atoms with E-state index in [0.29, 0.717) is 44.9 Å². The van der Waals surface area contributed by atoms with Crippen molar-refractivity contribution >= 4 is 98.4 Å². The molecule has 0 saturated carbocycles. The summed E-state index contributed by atoms with van der Waals surface area (Å²) in [5, 5.41) is 48.6. The zero-order valence-corrected chi connectivity index (χ0v) is 57.6. The summed E-state index contributed by atoms with van der Waals surface area (Å²) in [6.07, 6.45) is 3.09. The summed E-state index contributed by atoms with van der Waals surface area (Å²) in [5.74, 6) is -11.8. The molecule has 0 aliphatic carbocycles. The van der Waals surface area contributed by atoms with Crippen LogP contribution in [0.3, 0.4) is 0 Å². The number of carbonyl (C=O) groups excluding carboxylic acids is 12. The van der Waals surface area contributed by atoms with Crippen LogP contribution in [0.5, 0.6) is 0 Å². The molecule has 4 aliphatic rings. The lowest BCUT2D eigenvalue weighted by atomic mass is 9.87. The number of hydrogen-bond donors (Lipinski definition) is 15. The Labute approximate surface area is 554 Å². The Bertz CT molecular complexity index is 2660. The number of aliphatic hydroxyl groups excluding tert-OH is 2. The fourth-order valence-electron chi connectivity index (χ4n) is 11.4. The number of nitrogens with zero attached hydrogens (tertiary/aromatic N) is 3. The molecule has 12 amide bonds. The van der Waals surface area contributed by atoms with Crippen molar-refractivity contribution in [3.63, 3.8) is 0 Å². The predicted molar refractivity (Wildman–Crippen MR) is 352 cm³/mol. The van der Waals surface area contributed by atoms with Crippen molar-refractivity contribution in [2.75, 3.05) is 45.1 Å². The first-order chi connectivity index (χ1) is 43.7. The SMILES string of the molecule is CC[C@H](C)[C@@H]1NC(=O)[C@H]2NC(=O)[C@H]([C@@H](C)CC)NC(=O)[C@@H]3CCCN3C(=O)[C@@H]3CCCN3C(=O)[C@H](CC(C)(C)C)NC(=O)[C@H](CO)NC(=O)[C@H](CCCN=C(N)N)NC(=O)[C@H](CO)NC(=O)[C@H](CSSC2(C)C)NC(=O)[C@H]([C@@H](C)CC)NC(=O)[C@@H](N)CCCCNC1=O. The van der Waals surface area contributed by atoms with Crippen LogP contribution < -0.4 is 70.4 Å². The van der Waals surface area contributed by atoms with Crippen molar-refractivity contribution in [1.29, 1.82) is 0 Å². The monoisotopic (exact) mass is 1350 g/mol. The molecule has 93 heavy (non-hydrogen) atoms. The molecule has 32 heteroatoms. The normalized spacial score (nSPS) is 29.9. The second-order valence-corrected chi connectivity index (χ2v) is 29.7. The molecule has 30 nitrogen and oxygen atoms in total. The summed E-state index contributed by atoms with van der Waals surface area (Å²) in [6.45, 7) is 17.6. The molecule has 0 aromatic heterocycles. The van der Waals surface area contributed by atoms with E-state index in [-0.39, 0.29) is 76.4 Å². The molecule has 526 valence electrons. The van der Waals surface area contributed by atoms with Crippen molar-refractivity contribution in [2.45, 2.75) is 237 Å². The van der Waals surface area contributed by atoms with E-state index < -0.39 is 185 Å². The maximum absolute atomic E-state index is 15.1. The van der Waals surface area contributed by atoms with Crippen LogP contribution >= 0.6 is 21.6 Å². The minimum Gasteiger partial charge on any atom is -0.394 e.